The number of aliphatic hydroxyl groups is 1. The van der Waals surface area contributed by atoms with Gasteiger partial charge in [-0.1, -0.05) is 6.07 Å². The lowest BCUT2D eigenvalue weighted by molar-refractivity contribution is 0.172. The van der Waals surface area contributed by atoms with Crippen LogP contribution in [0.2, 0.25) is 0 Å². The molecular formula is C14H22N2O. The second-order valence-corrected chi connectivity index (χ2v) is 5.14. The Morgan fingerprint density at radius 1 is 1.35 bits per heavy atom. The SMILES string of the molecule is CC(C)N1CCC(c2ccc(CO)nc2)CC1. The van der Waals surface area contributed by atoms with E-state index in [-0.39, 0.29) is 6.61 Å². The lowest BCUT2D eigenvalue weighted by Gasteiger charge is -2.34. The fraction of sp³-hybridized carbons (Fsp3) is 0.643. The molecule has 17 heavy (non-hydrogen) atoms. The van der Waals surface area contributed by atoms with Crippen LogP contribution in [0.1, 0.15) is 43.9 Å². The van der Waals surface area contributed by atoms with Crippen LogP contribution in [0.5, 0.6) is 0 Å². The summed E-state index contributed by atoms with van der Waals surface area (Å²) in [6, 6.07) is 4.71. The van der Waals surface area contributed by atoms with E-state index in [9.17, 15) is 0 Å². The van der Waals surface area contributed by atoms with Crippen molar-refractivity contribution in [1.29, 1.82) is 0 Å². The minimum atomic E-state index is 0.0338. The molecule has 1 aromatic rings. The molecule has 0 unspecified atom stereocenters. The van der Waals surface area contributed by atoms with Crippen LogP contribution < -0.4 is 0 Å². The van der Waals surface area contributed by atoms with Gasteiger partial charge >= 0.3 is 0 Å². The van der Waals surface area contributed by atoms with E-state index in [0.717, 1.165) is 5.69 Å². The molecule has 2 heterocycles. The standard InChI is InChI=1S/C14H22N2O/c1-11(2)16-7-5-12(6-8-16)13-3-4-14(10-17)15-9-13/h3-4,9,11-12,17H,5-8,10H2,1-2H3. The maximum atomic E-state index is 8.97. The summed E-state index contributed by atoms with van der Waals surface area (Å²) in [4.78, 5) is 6.80. The van der Waals surface area contributed by atoms with Gasteiger partial charge in [0.25, 0.3) is 0 Å². The van der Waals surface area contributed by atoms with Crippen molar-refractivity contribution in [2.45, 2.75) is 45.3 Å². The van der Waals surface area contributed by atoms with Crippen molar-refractivity contribution >= 4 is 0 Å². The van der Waals surface area contributed by atoms with Gasteiger partial charge in [0.15, 0.2) is 0 Å². The molecule has 94 valence electrons. The highest BCUT2D eigenvalue weighted by atomic mass is 16.3. The normalized spacial score (nSPS) is 18.8. The van der Waals surface area contributed by atoms with Crippen LogP contribution in [0.15, 0.2) is 18.3 Å². The second kappa shape index (κ2) is 5.61. The topological polar surface area (TPSA) is 36.4 Å². The van der Waals surface area contributed by atoms with Crippen molar-refractivity contribution in [2.75, 3.05) is 13.1 Å². The van der Waals surface area contributed by atoms with E-state index in [2.05, 4.69) is 29.8 Å². The fourth-order valence-corrected chi connectivity index (χ4v) is 2.52. The number of rotatable bonds is 3. The first kappa shape index (κ1) is 12.5. The highest BCUT2D eigenvalue weighted by Gasteiger charge is 2.21. The van der Waals surface area contributed by atoms with E-state index >= 15 is 0 Å². The Kier molecular flexibility index (Phi) is 4.13. The Labute approximate surface area is 103 Å². The van der Waals surface area contributed by atoms with Gasteiger partial charge in [-0.15, -0.1) is 0 Å². The van der Waals surface area contributed by atoms with E-state index in [1.165, 1.54) is 31.5 Å². The van der Waals surface area contributed by atoms with E-state index in [1.807, 2.05) is 12.3 Å². The monoisotopic (exact) mass is 234 g/mol. The summed E-state index contributed by atoms with van der Waals surface area (Å²) in [6.45, 7) is 6.93. The third-order valence-electron chi connectivity index (χ3n) is 3.74. The second-order valence-electron chi connectivity index (χ2n) is 5.14. The molecule has 3 heteroatoms. The van der Waals surface area contributed by atoms with Crippen LogP contribution >= 0.6 is 0 Å². The third-order valence-corrected chi connectivity index (χ3v) is 3.74. The van der Waals surface area contributed by atoms with Crippen LogP contribution in [0.4, 0.5) is 0 Å². The van der Waals surface area contributed by atoms with Gasteiger partial charge in [0.05, 0.1) is 12.3 Å². The van der Waals surface area contributed by atoms with Crippen LogP contribution in [-0.2, 0) is 6.61 Å². The summed E-state index contributed by atoms with van der Waals surface area (Å²) < 4.78 is 0. The number of aromatic nitrogens is 1. The largest absolute Gasteiger partial charge is 0.390 e. The predicted octanol–water partition coefficient (Wildman–Crippen LogP) is 2.16. The van der Waals surface area contributed by atoms with E-state index in [0.29, 0.717) is 12.0 Å². The number of aliphatic hydroxyl groups excluding tert-OH is 1. The van der Waals surface area contributed by atoms with Gasteiger partial charge in [0.2, 0.25) is 0 Å². The number of pyridine rings is 1. The molecule has 1 aromatic heterocycles. The molecule has 3 nitrogen and oxygen atoms in total. The number of nitrogens with zero attached hydrogens (tertiary/aromatic N) is 2. The Morgan fingerprint density at radius 2 is 2.06 bits per heavy atom. The van der Waals surface area contributed by atoms with Crippen molar-refractivity contribution in [3.63, 3.8) is 0 Å². The molecule has 1 fully saturated rings. The van der Waals surface area contributed by atoms with Gasteiger partial charge in [-0.3, -0.25) is 4.98 Å². The minimum absolute atomic E-state index is 0.0338. The number of piperidine rings is 1. The van der Waals surface area contributed by atoms with Crippen molar-refractivity contribution in [3.05, 3.63) is 29.6 Å². The lowest BCUT2D eigenvalue weighted by Crippen LogP contribution is -2.37. The Morgan fingerprint density at radius 3 is 2.53 bits per heavy atom. The first-order valence-electron chi connectivity index (χ1n) is 6.50. The molecule has 0 radical (unpaired) electrons. The minimum Gasteiger partial charge on any atom is -0.390 e. The summed E-state index contributed by atoms with van der Waals surface area (Å²) in [5, 5.41) is 8.97. The van der Waals surface area contributed by atoms with E-state index < -0.39 is 0 Å². The highest BCUT2D eigenvalue weighted by Crippen LogP contribution is 2.28. The van der Waals surface area contributed by atoms with E-state index in [4.69, 9.17) is 5.11 Å². The number of hydrogen-bond acceptors (Lipinski definition) is 3. The summed E-state index contributed by atoms with van der Waals surface area (Å²) in [7, 11) is 0. The zero-order valence-corrected chi connectivity index (χ0v) is 10.8. The molecule has 1 aliphatic rings. The van der Waals surface area contributed by atoms with Gasteiger partial charge in [-0.05, 0) is 57.3 Å². The van der Waals surface area contributed by atoms with Crippen molar-refractivity contribution in [3.8, 4) is 0 Å². The number of likely N-dealkylation sites (tertiary alicyclic amines) is 1. The van der Waals surface area contributed by atoms with Gasteiger partial charge in [-0.25, -0.2) is 0 Å². The lowest BCUT2D eigenvalue weighted by atomic mass is 9.90. The molecule has 0 aromatic carbocycles. The van der Waals surface area contributed by atoms with Gasteiger partial charge in [-0.2, -0.15) is 0 Å². The fourth-order valence-electron chi connectivity index (χ4n) is 2.52. The van der Waals surface area contributed by atoms with Gasteiger partial charge in [0.1, 0.15) is 0 Å². The molecule has 0 saturated carbocycles. The predicted molar refractivity (Wildman–Crippen MR) is 68.8 cm³/mol. The molecule has 0 bridgehead atoms. The van der Waals surface area contributed by atoms with Crippen LogP contribution in [0.25, 0.3) is 0 Å². The average molecular weight is 234 g/mol. The summed E-state index contributed by atoms with van der Waals surface area (Å²) in [6.07, 6.45) is 4.37. The molecule has 0 aliphatic carbocycles. The van der Waals surface area contributed by atoms with Crippen LogP contribution in [0, 0.1) is 0 Å². The van der Waals surface area contributed by atoms with Gasteiger partial charge in [0, 0.05) is 12.2 Å². The van der Waals surface area contributed by atoms with Crippen molar-refractivity contribution < 1.29 is 5.11 Å². The summed E-state index contributed by atoms with van der Waals surface area (Å²) in [5.74, 6) is 0.644. The van der Waals surface area contributed by atoms with Crippen molar-refractivity contribution in [1.82, 2.24) is 9.88 Å². The van der Waals surface area contributed by atoms with Gasteiger partial charge < -0.3 is 10.0 Å². The van der Waals surface area contributed by atoms with Crippen molar-refractivity contribution in [2.24, 2.45) is 0 Å². The molecule has 0 atom stereocenters. The Bertz CT molecular complexity index is 340. The molecular weight excluding hydrogens is 212 g/mol. The smallest absolute Gasteiger partial charge is 0.0852 e. The highest BCUT2D eigenvalue weighted by molar-refractivity contribution is 5.18. The zero-order chi connectivity index (χ0) is 12.3. The zero-order valence-electron chi connectivity index (χ0n) is 10.8. The molecule has 1 aliphatic heterocycles. The van der Waals surface area contributed by atoms with Crippen LogP contribution in [-0.4, -0.2) is 34.1 Å². The molecule has 0 spiro atoms. The maximum Gasteiger partial charge on any atom is 0.0852 e. The van der Waals surface area contributed by atoms with Crippen LogP contribution in [0.3, 0.4) is 0 Å². The van der Waals surface area contributed by atoms with E-state index in [1.54, 1.807) is 0 Å². The quantitative estimate of drug-likeness (QED) is 0.870. The maximum absolute atomic E-state index is 8.97. The third kappa shape index (κ3) is 3.05. The Balaban J connectivity index is 1.95. The average Bonchev–Trinajstić information content (AvgIpc) is 2.39. The molecule has 2 rings (SSSR count). The first-order valence-corrected chi connectivity index (χ1v) is 6.50. The summed E-state index contributed by atoms with van der Waals surface area (Å²) >= 11 is 0. The first-order chi connectivity index (χ1) is 8.20. The summed E-state index contributed by atoms with van der Waals surface area (Å²) in [5.41, 5.74) is 2.08. The molecule has 0 amide bonds. The molecule has 1 saturated heterocycles. The number of hydrogen-bond donors (Lipinski definition) is 1. The molecule has 1 N–H and O–H groups in total. The Hall–Kier alpha value is -0.930.